The number of nitro benzene ring substituents is 1. The highest BCUT2D eigenvalue weighted by Gasteiger charge is 2.47. The highest BCUT2D eigenvalue weighted by atomic mass is 32.2. The minimum absolute atomic E-state index is 0.270. The molecule has 0 aromatic heterocycles. The van der Waals surface area contributed by atoms with Crippen LogP contribution in [0.5, 0.6) is 0 Å². The summed E-state index contributed by atoms with van der Waals surface area (Å²) in [5, 5.41) is 16.1. The fraction of sp³-hybridized carbons (Fsp3) is 0.462. The molecule has 12 heteroatoms. The lowest BCUT2D eigenvalue weighted by molar-refractivity contribution is -0.384. The average Bonchev–Trinajstić information content (AvgIpc) is 2.50. The molecule has 1 rings (SSSR count). The number of nitrogens with zero attached hydrogens (tertiary/aromatic N) is 1. The van der Waals surface area contributed by atoms with Crippen molar-refractivity contribution < 1.29 is 31.3 Å². The van der Waals surface area contributed by atoms with Gasteiger partial charge in [0.2, 0.25) is 5.91 Å². The fourth-order valence-electron chi connectivity index (χ4n) is 1.94. The zero-order valence-corrected chi connectivity index (χ0v) is 14.2. The first kappa shape index (κ1) is 20.7. The third-order valence-electron chi connectivity index (χ3n) is 3.29. The standard InChI is InChI=1S/C13H16F3N3O5S/c1-7(2)11(12(20)17-3)18-9-5-4-8(6-10(9)19(21)22)25(23,24)13(14,15)16/h4-7,11,18H,1-3H3,(H,17,20). The minimum Gasteiger partial charge on any atom is -0.368 e. The van der Waals surface area contributed by atoms with Crippen LogP contribution in [0, 0.1) is 16.0 Å². The summed E-state index contributed by atoms with van der Waals surface area (Å²) in [6.45, 7) is 3.31. The second-order valence-corrected chi connectivity index (χ2v) is 7.31. The largest absolute Gasteiger partial charge is 0.501 e. The van der Waals surface area contributed by atoms with Gasteiger partial charge < -0.3 is 10.6 Å². The molecule has 8 nitrogen and oxygen atoms in total. The molecule has 0 radical (unpaired) electrons. The summed E-state index contributed by atoms with van der Waals surface area (Å²) in [6.07, 6.45) is 0. The molecule has 1 atom stereocenters. The third kappa shape index (κ3) is 4.38. The van der Waals surface area contributed by atoms with Crippen molar-refractivity contribution in [3.05, 3.63) is 28.3 Å². The summed E-state index contributed by atoms with van der Waals surface area (Å²) >= 11 is 0. The zero-order valence-electron chi connectivity index (χ0n) is 13.4. The smallest absolute Gasteiger partial charge is 0.368 e. The second-order valence-electron chi connectivity index (χ2n) is 5.37. The topological polar surface area (TPSA) is 118 Å². The Bertz CT molecular complexity index is 778. The van der Waals surface area contributed by atoms with Crippen LogP contribution in [0.15, 0.2) is 23.1 Å². The zero-order chi connectivity index (χ0) is 19.6. The molecule has 140 valence electrons. The number of nitro groups is 1. The monoisotopic (exact) mass is 383 g/mol. The van der Waals surface area contributed by atoms with Crippen molar-refractivity contribution in [3.8, 4) is 0 Å². The molecular formula is C13H16F3N3O5S. The van der Waals surface area contributed by atoms with Gasteiger partial charge in [0.1, 0.15) is 11.7 Å². The van der Waals surface area contributed by atoms with Gasteiger partial charge in [-0.15, -0.1) is 0 Å². The molecule has 2 N–H and O–H groups in total. The lowest BCUT2D eigenvalue weighted by Crippen LogP contribution is -2.41. The van der Waals surface area contributed by atoms with E-state index in [0.29, 0.717) is 12.1 Å². The molecule has 0 saturated heterocycles. The van der Waals surface area contributed by atoms with E-state index in [1.165, 1.54) is 7.05 Å². The number of rotatable bonds is 6. The Labute approximate surface area is 141 Å². The number of sulfone groups is 1. The predicted octanol–water partition coefficient (Wildman–Crippen LogP) is 2.07. The molecule has 0 heterocycles. The first-order chi connectivity index (χ1) is 11.3. The Kier molecular flexibility index (Phi) is 6.00. The summed E-state index contributed by atoms with van der Waals surface area (Å²) in [7, 11) is -4.37. The maximum Gasteiger partial charge on any atom is 0.501 e. The van der Waals surface area contributed by atoms with Crippen LogP contribution in [0.25, 0.3) is 0 Å². The van der Waals surface area contributed by atoms with Gasteiger partial charge in [-0.3, -0.25) is 14.9 Å². The summed E-state index contributed by atoms with van der Waals surface area (Å²) in [5.41, 5.74) is -6.74. The van der Waals surface area contributed by atoms with Crippen molar-refractivity contribution >= 4 is 27.1 Å². The van der Waals surface area contributed by atoms with Gasteiger partial charge in [-0.05, 0) is 18.1 Å². The number of alkyl halides is 3. The number of benzene rings is 1. The summed E-state index contributed by atoms with van der Waals surface area (Å²) in [5.74, 6) is -0.797. The molecule has 1 amide bonds. The van der Waals surface area contributed by atoms with Gasteiger partial charge in [-0.2, -0.15) is 13.2 Å². The highest BCUT2D eigenvalue weighted by Crippen LogP contribution is 2.35. The van der Waals surface area contributed by atoms with Gasteiger partial charge in [0.25, 0.3) is 15.5 Å². The molecule has 1 aromatic carbocycles. The predicted molar refractivity (Wildman–Crippen MR) is 82.7 cm³/mol. The Hall–Kier alpha value is -2.37. The Morgan fingerprint density at radius 2 is 1.84 bits per heavy atom. The van der Waals surface area contributed by atoms with E-state index in [-0.39, 0.29) is 11.6 Å². The Morgan fingerprint density at radius 3 is 2.24 bits per heavy atom. The van der Waals surface area contributed by atoms with Crippen LogP contribution in [-0.2, 0) is 14.6 Å². The summed E-state index contributed by atoms with van der Waals surface area (Å²) in [6, 6.07) is 0.828. The molecular weight excluding hydrogens is 367 g/mol. The van der Waals surface area contributed by atoms with Gasteiger partial charge in [0, 0.05) is 13.1 Å². The number of likely N-dealkylation sites (N-methyl/N-ethyl adjacent to an activating group) is 1. The van der Waals surface area contributed by atoms with Crippen molar-refractivity contribution in [2.75, 3.05) is 12.4 Å². The SMILES string of the molecule is CNC(=O)C(Nc1ccc(S(=O)(=O)C(F)(F)F)cc1[N+](=O)[O-])C(C)C. The van der Waals surface area contributed by atoms with Crippen molar-refractivity contribution in [1.82, 2.24) is 5.32 Å². The van der Waals surface area contributed by atoms with E-state index in [9.17, 15) is 36.5 Å². The summed E-state index contributed by atoms with van der Waals surface area (Å²) < 4.78 is 60.6. The second kappa shape index (κ2) is 7.25. The van der Waals surface area contributed by atoms with Gasteiger partial charge in [0.15, 0.2) is 0 Å². The molecule has 0 aliphatic heterocycles. The Balaban J connectivity index is 3.41. The van der Waals surface area contributed by atoms with E-state index in [4.69, 9.17) is 0 Å². The van der Waals surface area contributed by atoms with Crippen LogP contribution in [0.1, 0.15) is 13.8 Å². The van der Waals surface area contributed by atoms with Crippen LogP contribution >= 0.6 is 0 Å². The number of halogens is 3. The van der Waals surface area contributed by atoms with E-state index in [0.717, 1.165) is 6.07 Å². The average molecular weight is 383 g/mol. The number of amides is 1. The quantitative estimate of drug-likeness (QED) is 0.573. The van der Waals surface area contributed by atoms with Crippen molar-refractivity contribution in [3.63, 3.8) is 0 Å². The molecule has 1 unspecified atom stereocenters. The molecule has 25 heavy (non-hydrogen) atoms. The lowest BCUT2D eigenvalue weighted by atomic mass is 10.0. The van der Waals surface area contributed by atoms with Crippen LogP contribution in [-0.4, -0.2) is 37.8 Å². The summed E-state index contributed by atoms with van der Waals surface area (Å²) in [4.78, 5) is 20.7. The molecule has 1 aromatic rings. The van der Waals surface area contributed by atoms with E-state index < -0.39 is 42.8 Å². The van der Waals surface area contributed by atoms with Crippen LogP contribution in [0.3, 0.4) is 0 Å². The number of hydrogen-bond donors (Lipinski definition) is 2. The van der Waals surface area contributed by atoms with E-state index in [1.54, 1.807) is 13.8 Å². The van der Waals surface area contributed by atoms with Gasteiger partial charge in [-0.1, -0.05) is 13.8 Å². The maximum atomic E-state index is 12.6. The first-order valence-corrected chi connectivity index (χ1v) is 8.39. The van der Waals surface area contributed by atoms with E-state index in [2.05, 4.69) is 10.6 Å². The molecule has 0 bridgehead atoms. The van der Waals surface area contributed by atoms with E-state index >= 15 is 0 Å². The van der Waals surface area contributed by atoms with Crippen LogP contribution in [0.2, 0.25) is 0 Å². The highest BCUT2D eigenvalue weighted by molar-refractivity contribution is 7.92. The fourth-order valence-corrected chi connectivity index (χ4v) is 2.72. The number of carbonyl (C=O) groups is 1. The lowest BCUT2D eigenvalue weighted by Gasteiger charge is -2.22. The normalized spacial score (nSPS) is 13.4. The third-order valence-corrected chi connectivity index (χ3v) is 4.77. The van der Waals surface area contributed by atoms with E-state index in [1.807, 2.05) is 0 Å². The van der Waals surface area contributed by atoms with Crippen LogP contribution < -0.4 is 10.6 Å². The molecule has 0 fully saturated rings. The number of carbonyl (C=O) groups excluding carboxylic acids is 1. The van der Waals surface area contributed by atoms with Crippen molar-refractivity contribution in [2.45, 2.75) is 30.3 Å². The van der Waals surface area contributed by atoms with Crippen molar-refractivity contribution in [1.29, 1.82) is 0 Å². The van der Waals surface area contributed by atoms with Gasteiger partial charge >= 0.3 is 5.51 Å². The first-order valence-electron chi connectivity index (χ1n) is 6.90. The Morgan fingerprint density at radius 1 is 1.28 bits per heavy atom. The number of hydrogen-bond acceptors (Lipinski definition) is 6. The van der Waals surface area contributed by atoms with Crippen molar-refractivity contribution in [2.24, 2.45) is 5.92 Å². The maximum absolute atomic E-state index is 12.6. The molecule has 0 saturated carbocycles. The van der Waals surface area contributed by atoms with Crippen LogP contribution in [0.4, 0.5) is 24.5 Å². The molecule has 0 aliphatic carbocycles. The van der Waals surface area contributed by atoms with Gasteiger partial charge in [-0.25, -0.2) is 8.42 Å². The number of anilines is 1. The number of nitrogens with one attached hydrogen (secondary N) is 2. The minimum atomic E-state index is -5.73. The van der Waals surface area contributed by atoms with Gasteiger partial charge in [0.05, 0.1) is 9.82 Å². The molecule has 0 aliphatic rings. The molecule has 0 spiro atoms.